The zero-order valence-electron chi connectivity index (χ0n) is 10.6. The van der Waals surface area contributed by atoms with E-state index in [1.807, 2.05) is 13.8 Å². The van der Waals surface area contributed by atoms with Crippen molar-refractivity contribution in [3.63, 3.8) is 0 Å². The van der Waals surface area contributed by atoms with Gasteiger partial charge in [-0.25, -0.2) is 4.79 Å². The van der Waals surface area contributed by atoms with Crippen molar-refractivity contribution in [1.29, 1.82) is 0 Å². The van der Waals surface area contributed by atoms with Crippen LogP contribution in [0.3, 0.4) is 0 Å². The molecule has 18 heavy (non-hydrogen) atoms. The SMILES string of the molecule is CC.COC(=O)c1cccc(S(=O)(=O)O)c1OC. The molecule has 1 N–H and O–H groups in total. The Morgan fingerprint density at radius 1 is 1.22 bits per heavy atom. The molecule has 1 aromatic carbocycles. The Labute approximate surface area is 106 Å². The van der Waals surface area contributed by atoms with Crippen LogP contribution in [-0.4, -0.2) is 33.2 Å². The summed E-state index contributed by atoms with van der Waals surface area (Å²) in [6, 6.07) is 3.76. The maximum absolute atomic E-state index is 11.3. The minimum atomic E-state index is -4.44. The molecular formula is C11H16O6S. The Bertz CT molecular complexity index is 506. The van der Waals surface area contributed by atoms with Gasteiger partial charge in [-0.3, -0.25) is 4.55 Å². The molecule has 0 heterocycles. The monoisotopic (exact) mass is 276 g/mol. The average molecular weight is 276 g/mol. The van der Waals surface area contributed by atoms with E-state index in [2.05, 4.69) is 4.74 Å². The zero-order chi connectivity index (χ0) is 14.3. The highest BCUT2D eigenvalue weighted by Crippen LogP contribution is 2.28. The van der Waals surface area contributed by atoms with Crippen molar-refractivity contribution in [3.8, 4) is 5.75 Å². The van der Waals surface area contributed by atoms with Crippen molar-refractivity contribution in [2.24, 2.45) is 0 Å². The number of carbonyl (C=O) groups is 1. The second-order valence-corrected chi connectivity index (χ2v) is 4.19. The van der Waals surface area contributed by atoms with Crippen LogP contribution < -0.4 is 4.74 Å². The molecule has 0 unspecified atom stereocenters. The highest BCUT2D eigenvalue weighted by Gasteiger charge is 2.22. The molecule has 0 amide bonds. The summed E-state index contributed by atoms with van der Waals surface area (Å²) in [5, 5.41) is 0. The standard InChI is InChI=1S/C9H10O6S.C2H6/c1-14-8-6(9(10)15-2)4-3-5-7(8)16(11,12)13;1-2/h3-5H,1-2H3,(H,11,12,13);1-2H3. The van der Waals surface area contributed by atoms with Crippen LogP contribution in [0.2, 0.25) is 0 Å². The molecule has 0 saturated heterocycles. The predicted octanol–water partition coefficient (Wildman–Crippen LogP) is 1.75. The molecule has 1 rings (SSSR count). The summed E-state index contributed by atoms with van der Waals surface area (Å²) in [6.07, 6.45) is 0. The van der Waals surface area contributed by atoms with Gasteiger partial charge < -0.3 is 9.47 Å². The first kappa shape index (κ1) is 16.4. The Morgan fingerprint density at radius 2 is 1.78 bits per heavy atom. The normalized spacial score (nSPS) is 10.1. The summed E-state index contributed by atoms with van der Waals surface area (Å²) >= 11 is 0. The van der Waals surface area contributed by atoms with E-state index in [1.165, 1.54) is 19.2 Å². The number of esters is 1. The van der Waals surface area contributed by atoms with Crippen LogP contribution in [0.5, 0.6) is 5.75 Å². The number of hydrogen-bond donors (Lipinski definition) is 1. The second kappa shape index (κ2) is 6.97. The van der Waals surface area contributed by atoms with Gasteiger partial charge in [0.2, 0.25) is 0 Å². The molecule has 0 spiro atoms. The molecule has 0 radical (unpaired) electrons. The van der Waals surface area contributed by atoms with Gasteiger partial charge in [0.25, 0.3) is 10.1 Å². The van der Waals surface area contributed by atoms with E-state index in [0.29, 0.717) is 0 Å². The van der Waals surface area contributed by atoms with Crippen LogP contribution in [0.4, 0.5) is 0 Å². The van der Waals surface area contributed by atoms with Crippen LogP contribution in [0, 0.1) is 0 Å². The minimum absolute atomic E-state index is 0.0693. The Kier molecular flexibility index (Phi) is 6.35. The van der Waals surface area contributed by atoms with E-state index in [9.17, 15) is 13.2 Å². The van der Waals surface area contributed by atoms with Gasteiger partial charge in [0.15, 0.2) is 5.75 Å². The Morgan fingerprint density at radius 3 is 2.17 bits per heavy atom. The predicted molar refractivity (Wildman–Crippen MR) is 65.5 cm³/mol. The molecule has 7 heteroatoms. The van der Waals surface area contributed by atoms with Crippen molar-refractivity contribution < 1.29 is 27.2 Å². The van der Waals surface area contributed by atoms with Gasteiger partial charge in [-0.15, -0.1) is 0 Å². The van der Waals surface area contributed by atoms with Gasteiger partial charge >= 0.3 is 5.97 Å². The summed E-state index contributed by atoms with van der Waals surface area (Å²) < 4.78 is 40.2. The summed E-state index contributed by atoms with van der Waals surface area (Å²) in [6.45, 7) is 4.00. The first-order valence-electron chi connectivity index (χ1n) is 5.14. The lowest BCUT2D eigenvalue weighted by Gasteiger charge is -2.09. The molecule has 1 aromatic rings. The largest absolute Gasteiger partial charge is 0.494 e. The maximum atomic E-state index is 11.3. The number of benzene rings is 1. The topological polar surface area (TPSA) is 89.9 Å². The van der Waals surface area contributed by atoms with Crippen molar-refractivity contribution in [2.75, 3.05) is 14.2 Å². The van der Waals surface area contributed by atoms with Crippen LogP contribution >= 0.6 is 0 Å². The highest BCUT2D eigenvalue weighted by molar-refractivity contribution is 7.86. The molecule has 0 aliphatic carbocycles. The molecule has 0 atom stereocenters. The number of para-hydroxylation sites is 1. The molecule has 0 aliphatic heterocycles. The molecule has 102 valence electrons. The minimum Gasteiger partial charge on any atom is -0.494 e. The summed E-state index contributed by atoms with van der Waals surface area (Å²) in [7, 11) is -2.10. The van der Waals surface area contributed by atoms with Gasteiger partial charge in [0.05, 0.1) is 14.2 Å². The zero-order valence-corrected chi connectivity index (χ0v) is 11.4. The lowest BCUT2D eigenvalue weighted by Crippen LogP contribution is -2.08. The first-order chi connectivity index (χ1) is 8.41. The molecule has 0 fully saturated rings. The number of hydrogen-bond acceptors (Lipinski definition) is 5. The molecular weight excluding hydrogens is 260 g/mol. The van der Waals surface area contributed by atoms with Crippen molar-refractivity contribution >= 4 is 16.1 Å². The molecule has 0 saturated carbocycles. The summed E-state index contributed by atoms with van der Waals surface area (Å²) in [5.41, 5.74) is -0.0693. The first-order valence-corrected chi connectivity index (χ1v) is 6.58. The second-order valence-electron chi connectivity index (χ2n) is 2.80. The highest BCUT2D eigenvalue weighted by atomic mass is 32.2. The quantitative estimate of drug-likeness (QED) is 0.668. The fourth-order valence-corrected chi connectivity index (χ4v) is 1.88. The summed E-state index contributed by atoms with van der Waals surface area (Å²) in [5.74, 6) is -0.987. The fraction of sp³-hybridized carbons (Fsp3) is 0.364. The van der Waals surface area contributed by atoms with E-state index in [1.54, 1.807) is 0 Å². The number of ether oxygens (including phenoxy) is 2. The smallest absolute Gasteiger partial charge is 0.341 e. The lowest BCUT2D eigenvalue weighted by atomic mass is 10.2. The van der Waals surface area contributed by atoms with E-state index >= 15 is 0 Å². The Balaban J connectivity index is 0.00000137. The third kappa shape index (κ3) is 3.71. The van der Waals surface area contributed by atoms with Gasteiger partial charge in [-0.2, -0.15) is 8.42 Å². The third-order valence-electron chi connectivity index (χ3n) is 1.87. The van der Waals surface area contributed by atoms with E-state index in [0.717, 1.165) is 13.2 Å². The van der Waals surface area contributed by atoms with E-state index < -0.39 is 21.0 Å². The Hall–Kier alpha value is -1.60. The fourth-order valence-electron chi connectivity index (χ4n) is 1.20. The van der Waals surface area contributed by atoms with E-state index in [-0.39, 0.29) is 11.3 Å². The molecule has 0 aromatic heterocycles. The maximum Gasteiger partial charge on any atom is 0.341 e. The molecule has 0 aliphatic rings. The van der Waals surface area contributed by atoms with Crippen LogP contribution in [0.25, 0.3) is 0 Å². The van der Waals surface area contributed by atoms with Gasteiger partial charge in [-0.1, -0.05) is 19.9 Å². The summed E-state index contributed by atoms with van der Waals surface area (Å²) in [4.78, 5) is 10.8. The van der Waals surface area contributed by atoms with Crippen LogP contribution in [0.15, 0.2) is 23.1 Å². The number of methoxy groups -OCH3 is 2. The molecule has 6 nitrogen and oxygen atoms in total. The average Bonchev–Trinajstić information content (AvgIpc) is 2.38. The van der Waals surface area contributed by atoms with Crippen LogP contribution in [-0.2, 0) is 14.9 Å². The van der Waals surface area contributed by atoms with Crippen LogP contribution in [0.1, 0.15) is 24.2 Å². The van der Waals surface area contributed by atoms with Gasteiger partial charge in [-0.05, 0) is 12.1 Å². The molecule has 0 bridgehead atoms. The van der Waals surface area contributed by atoms with Gasteiger partial charge in [0, 0.05) is 0 Å². The van der Waals surface area contributed by atoms with Crippen molar-refractivity contribution in [3.05, 3.63) is 23.8 Å². The van der Waals surface area contributed by atoms with Gasteiger partial charge in [0.1, 0.15) is 10.5 Å². The number of rotatable bonds is 3. The third-order valence-corrected chi connectivity index (χ3v) is 2.74. The number of carbonyl (C=O) groups excluding carboxylic acids is 1. The lowest BCUT2D eigenvalue weighted by molar-refractivity contribution is 0.0596. The van der Waals surface area contributed by atoms with E-state index in [4.69, 9.17) is 9.29 Å². The van der Waals surface area contributed by atoms with Crippen molar-refractivity contribution in [2.45, 2.75) is 18.7 Å². The van der Waals surface area contributed by atoms with Crippen molar-refractivity contribution in [1.82, 2.24) is 0 Å².